The van der Waals surface area contributed by atoms with Gasteiger partial charge in [0.25, 0.3) is 0 Å². The fourth-order valence-electron chi connectivity index (χ4n) is 2.42. The molecule has 0 atom stereocenters. The third-order valence-corrected chi connectivity index (χ3v) is 3.42. The second-order valence-corrected chi connectivity index (χ2v) is 4.76. The van der Waals surface area contributed by atoms with Gasteiger partial charge in [-0.1, -0.05) is 12.1 Å². The minimum atomic E-state index is -0.371. The zero-order chi connectivity index (χ0) is 14.3. The zero-order valence-corrected chi connectivity index (χ0v) is 10.9. The molecule has 0 aliphatic carbocycles. The van der Waals surface area contributed by atoms with Crippen LogP contribution >= 0.6 is 0 Å². The van der Waals surface area contributed by atoms with Crippen molar-refractivity contribution in [3.63, 3.8) is 0 Å². The number of aromatic amines is 1. The Bertz CT molecular complexity index is 800. The highest BCUT2D eigenvalue weighted by molar-refractivity contribution is 6.19. The van der Waals surface area contributed by atoms with E-state index in [-0.39, 0.29) is 11.6 Å². The fraction of sp³-hybridized carbons (Fsp3) is 0.0625. The van der Waals surface area contributed by atoms with Crippen molar-refractivity contribution < 1.29 is 9.18 Å². The molecule has 0 aliphatic rings. The topological polar surface area (TPSA) is 58.9 Å². The highest BCUT2D eigenvalue weighted by Crippen LogP contribution is 2.26. The van der Waals surface area contributed by atoms with E-state index >= 15 is 0 Å². The van der Waals surface area contributed by atoms with Gasteiger partial charge in [0.15, 0.2) is 5.78 Å². The molecule has 0 saturated heterocycles. The molecule has 4 heteroatoms. The van der Waals surface area contributed by atoms with E-state index < -0.39 is 0 Å². The standard InChI is InChI=1S/C16H13FN2O/c1-9-3-2-4-13(18)15(9)16(20)12-8-19-14-6-5-10(17)7-11(12)14/h2-8,19H,18H2,1H3. The summed E-state index contributed by atoms with van der Waals surface area (Å²) >= 11 is 0. The van der Waals surface area contributed by atoms with Gasteiger partial charge >= 0.3 is 0 Å². The number of hydrogen-bond acceptors (Lipinski definition) is 2. The van der Waals surface area contributed by atoms with Crippen LogP contribution in [-0.2, 0) is 0 Å². The first-order chi connectivity index (χ1) is 9.58. The Labute approximate surface area is 115 Å². The number of nitrogens with two attached hydrogens (primary N) is 1. The van der Waals surface area contributed by atoms with Crippen LogP contribution in [0.25, 0.3) is 10.9 Å². The first-order valence-electron chi connectivity index (χ1n) is 6.24. The third-order valence-electron chi connectivity index (χ3n) is 3.42. The number of aryl methyl sites for hydroxylation is 1. The molecule has 1 heterocycles. The van der Waals surface area contributed by atoms with E-state index in [1.54, 1.807) is 24.4 Å². The third kappa shape index (κ3) is 1.86. The average Bonchev–Trinajstić information content (AvgIpc) is 2.81. The van der Waals surface area contributed by atoms with Crippen molar-refractivity contribution in [2.75, 3.05) is 5.73 Å². The quantitative estimate of drug-likeness (QED) is 0.552. The molecule has 1 aromatic heterocycles. The van der Waals surface area contributed by atoms with E-state index in [2.05, 4.69) is 4.98 Å². The lowest BCUT2D eigenvalue weighted by molar-refractivity contribution is 0.104. The molecule has 0 unspecified atom stereocenters. The summed E-state index contributed by atoms with van der Waals surface area (Å²) in [6.07, 6.45) is 1.60. The summed E-state index contributed by atoms with van der Waals surface area (Å²) in [6.45, 7) is 1.83. The Balaban J connectivity index is 2.21. The maximum absolute atomic E-state index is 13.4. The van der Waals surface area contributed by atoms with Crippen LogP contribution in [0.3, 0.4) is 0 Å². The molecule has 3 aromatic rings. The van der Waals surface area contributed by atoms with E-state index in [1.165, 1.54) is 12.1 Å². The molecule has 0 radical (unpaired) electrons. The normalized spacial score (nSPS) is 10.9. The molecule has 100 valence electrons. The van der Waals surface area contributed by atoms with Crippen LogP contribution < -0.4 is 5.73 Å². The highest BCUT2D eigenvalue weighted by Gasteiger charge is 2.18. The average molecular weight is 268 g/mol. The molecule has 0 saturated carbocycles. The maximum atomic E-state index is 13.4. The van der Waals surface area contributed by atoms with Gasteiger partial charge < -0.3 is 10.7 Å². The predicted molar refractivity (Wildman–Crippen MR) is 77.3 cm³/mol. The number of rotatable bonds is 2. The molecule has 3 rings (SSSR count). The van der Waals surface area contributed by atoms with Gasteiger partial charge in [0.05, 0.1) is 0 Å². The number of nitrogen functional groups attached to an aromatic ring is 1. The summed E-state index contributed by atoms with van der Waals surface area (Å²) < 4.78 is 13.4. The van der Waals surface area contributed by atoms with Crippen molar-refractivity contribution in [1.82, 2.24) is 4.98 Å². The first kappa shape index (κ1) is 12.4. The Morgan fingerprint density at radius 2 is 2.05 bits per heavy atom. The van der Waals surface area contributed by atoms with Gasteiger partial charge in [-0.2, -0.15) is 0 Å². The molecule has 0 bridgehead atoms. The van der Waals surface area contributed by atoms with Gasteiger partial charge in [-0.05, 0) is 36.8 Å². The van der Waals surface area contributed by atoms with E-state index in [9.17, 15) is 9.18 Å². The van der Waals surface area contributed by atoms with Crippen molar-refractivity contribution in [1.29, 1.82) is 0 Å². The molecular weight excluding hydrogens is 255 g/mol. The monoisotopic (exact) mass is 268 g/mol. The summed E-state index contributed by atoms with van der Waals surface area (Å²) in [5, 5.41) is 0.567. The second-order valence-electron chi connectivity index (χ2n) is 4.76. The lowest BCUT2D eigenvalue weighted by Crippen LogP contribution is -2.07. The lowest BCUT2D eigenvalue weighted by atomic mass is 9.97. The Morgan fingerprint density at radius 3 is 2.80 bits per heavy atom. The van der Waals surface area contributed by atoms with E-state index in [0.29, 0.717) is 22.2 Å². The first-order valence-corrected chi connectivity index (χ1v) is 6.24. The SMILES string of the molecule is Cc1cccc(N)c1C(=O)c1c[nH]c2ccc(F)cc12. The number of carbonyl (C=O) groups is 1. The Morgan fingerprint density at radius 1 is 1.25 bits per heavy atom. The number of ketones is 1. The molecule has 3 N–H and O–H groups in total. The van der Waals surface area contributed by atoms with E-state index in [0.717, 1.165) is 11.1 Å². The minimum Gasteiger partial charge on any atom is -0.398 e. The molecule has 0 aliphatic heterocycles. The summed E-state index contributed by atoms with van der Waals surface area (Å²) in [6, 6.07) is 9.65. The largest absolute Gasteiger partial charge is 0.398 e. The fourth-order valence-corrected chi connectivity index (χ4v) is 2.42. The minimum absolute atomic E-state index is 0.197. The number of nitrogens with one attached hydrogen (secondary N) is 1. The number of H-pyrrole nitrogens is 1. The van der Waals surface area contributed by atoms with E-state index in [4.69, 9.17) is 5.73 Å². The molecular formula is C16H13FN2O. The molecule has 0 fully saturated rings. The molecule has 0 amide bonds. The molecule has 3 nitrogen and oxygen atoms in total. The van der Waals surface area contributed by atoms with Crippen molar-refractivity contribution in [2.24, 2.45) is 0 Å². The van der Waals surface area contributed by atoms with Crippen molar-refractivity contribution in [2.45, 2.75) is 6.92 Å². The zero-order valence-electron chi connectivity index (χ0n) is 10.9. The van der Waals surface area contributed by atoms with Crippen LogP contribution in [-0.4, -0.2) is 10.8 Å². The van der Waals surface area contributed by atoms with Crippen LogP contribution in [0, 0.1) is 12.7 Å². The van der Waals surface area contributed by atoms with Crippen LogP contribution in [0.15, 0.2) is 42.6 Å². The summed E-state index contributed by atoms with van der Waals surface area (Å²) in [7, 11) is 0. The van der Waals surface area contributed by atoms with Crippen LogP contribution in [0.5, 0.6) is 0 Å². The van der Waals surface area contributed by atoms with Gasteiger partial charge in [-0.25, -0.2) is 4.39 Å². The smallest absolute Gasteiger partial charge is 0.197 e. The van der Waals surface area contributed by atoms with Crippen molar-refractivity contribution >= 4 is 22.4 Å². The van der Waals surface area contributed by atoms with Crippen LogP contribution in [0.4, 0.5) is 10.1 Å². The molecule has 0 spiro atoms. The molecule has 20 heavy (non-hydrogen) atoms. The van der Waals surface area contributed by atoms with Crippen molar-refractivity contribution in [3.8, 4) is 0 Å². The van der Waals surface area contributed by atoms with Crippen LogP contribution in [0.2, 0.25) is 0 Å². The Hall–Kier alpha value is -2.62. The summed E-state index contributed by atoms with van der Waals surface area (Å²) in [4.78, 5) is 15.6. The Kier molecular flexibility index (Phi) is 2.79. The van der Waals surface area contributed by atoms with E-state index in [1.807, 2.05) is 13.0 Å². The maximum Gasteiger partial charge on any atom is 0.197 e. The van der Waals surface area contributed by atoms with Gasteiger partial charge in [-0.15, -0.1) is 0 Å². The number of halogens is 1. The number of benzene rings is 2. The number of anilines is 1. The van der Waals surface area contributed by atoms with Gasteiger partial charge in [0, 0.05) is 33.9 Å². The van der Waals surface area contributed by atoms with Crippen molar-refractivity contribution in [3.05, 3.63) is 65.1 Å². The van der Waals surface area contributed by atoms with Gasteiger partial charge in [-0.3, -0.25) is 4.79 Å². The number of aromatic nitrogens is 1. The number of carbonyl (C=O) groups excluding carboxylic acids is 1. The number of fused-ring (bicyclic) bond motifs is 1. The van der Waals surface area contributed by atoms with Crippen LogP contribution in [0.1, 0.15) is 21.5 Å². The van der Waals surface area contributed by atoms with Gasteiger partial charge in [0.2, 0.25) is 0 Å². The summed E-state index contributed by atoms with van der Waals surface area (Å²) in [5.74, 6) is -0.568. The van der Waals surface area contributed by atoms with Gasteiger partial charge in [0.1, 0.15) is 5.82 Å². The summed E-state index contributed by atoms with van der Waals surface area (Å²) in [5.41, 5.74) is 8.76. The lowest BCUT2D eigenvalue weighted by Gasteiger charge is -2.07. The predicted octanol–water partition coefficient (Wildman–Crippen LogP) is 3.43. The molecule has 2 aromatic carbocycles. The second kappa shape index (κ2) is 4.49. The number of hydrogen-bond donors (Lipinski definition) is 2. The highest BCUT2D eigenvalue weighted by atomic mass is 19.1.